The van der Waals surface area contributed by atoms with Crippen molar-refractivity contribution in [3.8, 4) is 5.75 Å². The van der Waals surface area contributed by atoms with Gasteiger partial charge in [-0.3, -0.25) is 9.59 Å². The summed E-state index contributed by atoms with van der Waals surface area (Å²) in [5.74, 6) is -0.825. The van der Waals surface area contributed by atoms with Crippen LogP contribution in [0.3, 0.4) is 0 Å². The van der Waals surface area contributed by atoms with E-state index in [1.54, 1.807) is 13.0 Å². The number of amides is 1. The molecule has 0 atom stereocenters. The molecule has 0 aromatic heterocycles. The lowest BCUT2D eigenvalue weighted by molar-refractivity contribution is -0.121. The molecular weight excluding hydrogens is 225 g/mol. The van der Waals surface area contributed by atoms with Gasteiger partial charge in [0, 0.05) is 11.8 Å². The maximum absolute atomic E-state index is 13.6. The largest absolute Gasteiger partial charge is 0.491 e. The number of rotatable bonds is 3. The summed E-state index contributed by atoms with van der Waals surface area (Å²) in [4.78, 5) is 23.8. The van der Waals surface area contributed by atoms with Crippen molar-refractivity contribution in [2.24, 2.45) is 0 Å². The number of hydrogen-bond donors (Lipinski definition) is 0. The summed E-state index contributed by atoms with van der Waals surface area (Å²) in [6.45, 7) is 2.15. The number of carbonyl (C=O) groups excluding carboxylic acids is 2. The molecule has 1 amide bonds. The zero-order valence-electron chi connectivity index (χ0n) is 9.40. The molecule has 0 spiro atoms. The van der Waals surface area contributed by atoms with E-state index in [1.807, 2.05) is 0 Å². The van der Waals surface area contributed by atoms with Crippen molar-refractivity contribution in [2.45, 2.75) is 13.3 Å². The molecule has 0 N–H and O–H groups in total. The molecule has 1 aromatic rings. The lowest BCUT2D eigenvalue weighted by Gasteiger charge is -2.15. The quantitative estimate of drug-likeness (QED) is 0.749. The number of hydrogen-bond acceptors (Lipinski definition) is 3. The molecule has 90 valence electrons. The van der Waals surface area contributed by atoms with Crippen LogP contribution in [0, 0.1) is 5.82 Å². The molecular formula is C12H12FNO3. The number of anilines is 1. The van der Waals surface area contributed by atoms with Gasteiger partial charge in [0.2, 0.25) is 5.91 Å². The molecule has 0 aliphatic carbocycles. The third-order valence-electron chi connectivity index (χ3n) is 2.51. The van der Waals surface area contributed by atoms with Crippen LogP contribution in [0.1, 0.15) is 13.3 Å². The van der Waals surface area contributed by atoms with Crippen molar-refractivity contribution in [1.82, 2.24) is 0 Å². The van der Waals surface area contributed by atoms with Gasteiger partial charge in [0.1, 0.15) is 0 Å². The SMILES string of the molecule is CCOc1ccc(N2CC(=O)CC2=O)cc1F. The number of nitrogens with zero attached hydrogens (tertiary/aromatic N) is 1. The number of ether oxygens (including phenoxy) is 1. The predicted octanol–water partition coefficient (Wildman–Crippen LogP) is 1.53. The first kappa shape index (κ1) is 11.6. The van der Waals surface area contributed by atoms with Crippen molar-refractivity contribution in [3.63, 3.8) is 0 Å². The van der Waals surface area contributed by atoms with Gasteiger partial charge in [0.25, 0.3) is 0 Å². The fourth-order valence-electron chi connectivity index (χ4n) is 1.75. The van der Waals surface area contributed by atoms with E-state index in [-0.39, 0.29) is 30.4 Å². The van der Waals surface area contributed by atoms with E-state index in [0.29, 0.717) is 12.3 Å². The summed E-state index contributed by atoms with van der Waals surface area (Å²) < 4.78 is 18.6. The first-order valence-corrected chi connectivity index (χ1v) is 5.36. The van der Waals surface area contributed by atoms with Crippen LogP contribution >= 0.6 is 0 Å². The smallest absolute Gasteiger partial charge is 0.234 e. The van der Waals surface area contributed by atoms with E-state index in [0.717, 1.165) is 0 Å². The molecule has 1 fully saturated rings. The monoisotopic (exact) mass is 237 g/mol. The Morgan fingerprint density at radius 2 is 2.18 bits per heavy atom. The van der Waals surface area contributed by atoms with Gasteiger partial charge < -0.3 is 9.64 Å². The van der Waals surface area contributed by atoms with Crippen molar-refractivity contribution >= 4 is 17.4 Å². The third kappa shape index (κ3) is 2.27. The van der Waals surface area contributed by atoms with E-state index < -0.39 is 5.82 Å². The summed E-state index contributed by atoms with van der Waals surface area (Å²) >= 11 is 0. The molecule has 1 aliphatic rings. The number of Topliss-reactive ketones (excluding diaryl/α,β-unsaturated/α-hetero) is 1. The van der Waals surface area contributed by atoms with E-state index in [9.17, 15) is 14.0 Å². The molecule has 0 unspecified atom stereocenters. The Labute approximate surface area is 98.0 Å². The van der Waals surface area contributed by atoms with Crippen LogP contribution in [-0.2, 0) is 9.59 Å². The first-order valence-electron chi connectivity index (χ1n) is 5.36. The Bertz CT molecular complexity index is 473. The minimum atomic E-state index is -0.531. The summed E-state index contributed by atoms with van der Waals surface area (Å²) in [7, 11) is 0. The minimum Gasteiger partial charge on any atom is -0.491 e. The average Bonchev–Trinajstić information content (AvgIpc) is 2.61. The molecule has 0 saturated carbocycles. The number of ketones is 1. The molecule has 0 radical (unpaired) electrons. The van der Waals surface area contributed by atoms with Crippen LogP contribution in [0.25, 0.3) is 0 Å². The van der Waals surface area contributed by atoms with Gasteiger partial charge in [-0.2, -0.15) is 0 Å². The first-order chi connectivity index (χ1) is 8.11. The zero-order valence-corrected chi connectivity index (χ0v) is 9.40. The van der Waals surface area contributed by atoms with Crippen LogP contribution < -0.4 is 9.64 Å². The normalized spacial score (nSPS) is 15.5. The van der Waals surface area contributed by atoms with Gasteiger partial charge in [-0.05, 0) is 19.1 Å². The molecule has 5 heteroatoms. The molecule has 2 rings (SSSR count). The van der Waals surface area contributed by atoms with Crippen molar-refractivity contribution in [3.05, 3.63) is 24.0 Å². The van der Waals surface area contributed by atoms with Crippen LogP contribution in [0.2, 0.25) is 0 Å². The van der Waals surface area contributed by atoms with Gasteiger partial charge in [0.15, 0.2) is 17.3 Å². The van der Waals surface area contributed by atoms with Crippen LogP contribution in [-0.4, -0.2) is 24.8 Å². The standard InChI is InChI=1S/C12H12FNO3/c1-2-17-11-4-3-8(5-10(11)13)14-7-9(15)6-12(14)16/h3-5H,2,6-7H2,1H3. The second kappa shape index (κ2) is 4.53. The van der Waals surface area contributed by atoms with Crippen LogP contribution in [0.4, 0.5) is 10.1 Å². The Morgan fingerprint density at radius 3 is 2.71 bits per heavy atom. The van der Waals surface area contributed by atoms with E-state index in [2.05, 4.69) is 0 Å². The third-order valence-corrected chi connectivity index (χ3v) is 2.51. The van der Waals surface area contributed by atoms with E-state index >= 15 is 0 Å². The molecule has 0 bridgehead atoms. The van der Waals surface area contributed by atoms with Gasteiger partial charge >= 0.3 is 0 Å². The highest BCUT2D eigenvalue weighted by Crippen LogP contribution is 2.26. The summed E-state index contributed by atoms with van der Waals surface area (Å²) in [6, 6.07) is 4.25. The Morgan fingerprint density at radius 1 is 1.41 bits per heavy atom. The second-order valence-electron chi connectivity index (χ2n) is 3.74. The summed E-state index contributed by atoms with van der Waals surface area (Å²) in [5, 5.41) is 0. The number of halogens is 1. The van der Waals surface area contributed by atoms with Crippen molar-refractivity contribution in [1.29, 1.82) is 0 Å². The molecule has 1 heterocycles. The summed E-state index contributed by atoms with van der Waals surface area (Å²) in [6.07, 6.45) is -0.102. The van der Waals surface area contributed by atoms with Gasteiger partial charge in [-0.1, -0.05) is 0 Å². The van der Waals surface area contributed by atoms with Crippen molar-refractivity contribution < 1.29 is 18.7 Å². The van der Waals surface area contributed by atoms with Crippen LogP contribution in [0.15, 0.2) is 18.2 Å². The molecule has 17 heavy (non-hydrogen) atoms. The Hall–Kier alpha value is -1.91. The van der Waals surface area contributed by atoms with Gasteiger partial charge in [0.05, 0.1) is 19.6 Å². The topological polar surface area (TPSA) is 46.6 Å². The van der Waals surface area contributed by atoms with E-state index in [4.69, 9.17) is 4.74 Å². The van der Waals surface area contributed by atoms with Crippen molar-refractivity contribution in [2.75, 3.05) is 18.1 Å². The number of carbonyl (C=O) groups is 2. The fourth-order valence-corrected chi connectivity index (χ4v) is 1.75. The highest BCUT2D eigenvalue weighted by atomic mass is 19.1. The Kier molecular flexibility index (Phi) is 3.08. The predicted molar refractivity (Wildman–Crippen MR) is 59.5 cm³/mol. The highest BCUT2D eigenvalue weighted by Gasteiger charge is 2.28. The number of benzene rings is 1. The zero-order chi connectivity index (χ0) is 12.4. The molecule has 4 nitrogen and oxygen atoms in total. The second-order valence-corrected chi connectivity index (χ2v) is 3.74. The summed E-state index contributed by atoms with van der Waals surface area (Å²) in [5.41, 5.74) is 0.391. The fraction of sp³-hybridized carbons (Fsp3) is 0.333. The minimum absolute atomic E-state index is 0.0201. The van der Waals surface area contributed by atoms with E-state index in [1.165, 1.54) is 17.0 Å². The highest BCUT2D eigenvalue weighted by molar-refractivity contribution is 6.15. The maximum Gasteiger partial charge on any atom is 0.234 e. The van der Waals surface area contributed by atoms with Crippen LogP contribution in [0.5, 0.6) is 5.75 Å². The molecule has 1 aromatic carbocycles. The Balaban J connectivity index is 2.25. The lowest BCUT2D eigenvalue weighted by Crippen LogP contribution is -2.24. The van der Waals surface area contributed by atoms with Gasteiger partial charge in [-0.15, -0.1) is 0 Å². The molecule has 1 aliphatic heterocycles. The molecule has 1 saturated heterocycles. The maximum atomic E-state index is 13.6. The van der Waals surface area contributed by atoms with Gasteiger partial charge in [-0.25, -0.2) is 4.39 Å². The average molecular weight is 237 g/mol. The lowest BCUT2D eigenvalue weighted by atomic mass is 10.2.